The minimum Gasteiger partial charge on any atom is -0.465 e. The molecule has 0 fully saturated rings. The molecular formula is C27H24N2O4S. The molecule has 0 radical (unpaired) electrons. The number of nitrogens with one attached hydrogen (secondary N) is 1. The second kappa shape index (κ2) is 9.97. The summed E-state index contributed by atoms with van der Waals surface area (Å²) in [5.41, 5.74) is 3.44. The maximum Gasteiger partial charge on any atom is 0.339 e. The van der Waals surface area contributed by atoms with Gasteiger partial charge in [0.2, 0.25) is 0 Å². The number of aryl methyl sites for hydroxylation is 2. The van der Waals surface area contributed by atoms with Crippen LogP contribution >= 0.6 is 11.8 Å². The SMILES string of the molecule is CCc1ccc(NC2=C(Sc3ccc(C)cc3)C(=O)N(c3ccccc3C(=O)OC)C2=O)cc1. The topological polar surface area (TPSA) is 75.7 Å². The molecular weight excluding hydrogens is 448 g/mol. The third-order valence-electron chi connectivity index (χ3n) is 5.46. The van der Waals surface area contributed by atoms with Gasteiger partial charge in [-0.05, 0) is 55.3 Å². The van der Waals surface area contributed by atoms with E-state index in [9.17, 15) is 14.4 Å². The van der Waals surface area contributed by atoms with Crippen molar-refractivity contribution in [2.45, 2.75) is 25.2 Å². The molecule has 0 saturated heterocycles. The number of esters is 1. The molecule has 2 amide bonds. The number of rotatable bonds is 7. The van der Waals surface area contributed by atoms with E-state index in [1.54, 1.807) is 18.2 Å². The molecule has 3 aromatic carbocycles. The van der Waals surface area contributed by atoms with Gasteiger partial charge < -0.3 is 10.1 Å². The summed E-state index contributed by atoms with van der Waals surface area (Å²) in [6.45, 7) is 4.05. The van der Waals surface area contributed by atoms with E-state index in [2.05, 4.69) is 12.2 Å². The third-order valence-corrected chi connectivity index (χ3v) is 6.55. The number of hydrogen-bond donors (Lipinski definition) is 1. The summed E-state index contributed by atoms with van der Waals surface area (Å²) in [4.78, 5) is 41.6. The van der Waals surface area contributed by atoms with Crippen LogP contribution < -0.4 is 10.2 Å². The molecule has 0 aromatic heterocycles. The molecule has 34 heavy (non-hydrogen) atoms. The summed E-state index contributed by atoms with van der Waals surface area (Å²) in [6.07, 6.45) is 0.896. The summed E-state index contributed by atoms with van der Waals surface area (Å²) in [6, 6.07) is 21.8. The first-order valence-corrected chi connectivity index (χ1v) is 11.7. The van der Waals surface area contributed by atoms with E-state index in [1.807, 2.05) is 55.5 Å². The number of methoxy groups -OCH3 is 1. The van der Waals surface area contributed by atoms with Gasteiger partial charge in [0.25, 0.3) is 11.8 Å². The number of carbonyl (C=O) groups excluding carboxylic acids is 3. The summed E-state index contributed by atoms with van der Waals surface area (Å²) in [7, 11) is 1.26. The van der Waals surface area contributed by atoms with Gasteiger partial charge >= 0.3 is 5.97 Å². The quantitative estimate of drug-likeness (QED) is 0.370. The van der Waals surface area contributed by atoms with Crippen LogP contribution in [0.4, 0.5) is 11.4 Å². The van der Waals surface area contributed by atoms with Crippen LogP contribution in [0, 0.1) is 6.92 Å². The van der Waals surface area contributed by atoms with Crippen molar-refractivity contribution in [3.8, 4) is 0 Å². The number of para-hydroxylation sites is 1. The molecule has 7 heteroatoms. The van der Waals surface area contributed by atoms with Crippen molar-refractivity contribution in [3.05, 3.63) is 100 Å². The molecule has 0 saturated carbocycles. The van der Waals surface area contributed by atoms with Gasteiger partial charge in [-0.2, -0.15) is 0 Å². The van der Waals surface area contributed by atoms with Crippen molar-refractivity contribution in [1.29, 1.82) is 0 Å². The number of anilines is 2. The monoisotopic (exact) mass is 472 g/mol. The molecule has 172 valence electrons. The molecule has 1 aliphatic rings. The Labute approximate surface area is 202 Å². The minimum atomic E-state index is -0.625. The Morgan fingerprint density at radius 1 is 0.941 bits per heavy atom. The lowest BCUT2D eigenvalue weighted by Gasteiger charge is -2.18. The van der Waals surface area contributed by atoms with Gasteiger partial charge in [-0.15, -0.1) is 0 Å². The van der Waals surface area contributed by atoms with Crippen LogP contribution in [-0.4, -0.2) is 24.9 Å². The number of nitrogens with zero attached hydrogens (tertiary/aromatic N) is 1. The van der Waals surface area contributed by atoms with E-state index in [1.165, 1.54) is 24.9 Å². The molecule has 1 heterocycles. The van der Waals surface area contributed by atoms with Gasteiger partial charge in [0.1, 0.15) is 10.6 Å². The van der Waals surface area contributed by atoms with Crippen molar-refractivity contribution < 1.29 is 19.1 Å². The maximum atomic E-state index is 13.6. The van der Waals surface area contributed by atoms with Crippen LogP contribution in [0.2, 0.25) is 0 Å². The van der Waals surface area contributed by atoms with Crippen molar-refractivity contribution in [1.82, 2.24) is 0 Å². The van der Waals surface area contributed by atoms with Crippen molar-refractivity contribution in [2.75, 3.05) is 17.3 Å². The van der Waals surface area contributed by atoms with Crippen LogP contribution in [0.1, 0.15) is 28.4 Å². The molecule has 0 unspecified atom stereocenters. The highest BCUT2D eigenvalue weighted by molar-refractivity contribution is 8.04. The number of ether oxygens (including phenoxy) is 1. The van der Waals surface area contributed by atoms with Gasteiger partial charge in [-0.1, -0.05) is 60.6 Å². The number of imide groups is 1. The van der Waals surface area contributed by atoms with Gasteiger partial charge in [0, 0.05) is 10.6 Å². The highest BCUT2D eigenvalue weighted by atomic mass is 32.2. The molecule has 6 nitrogen and oxygen atoms in total. The van der Waals surface area contributed by atoms with Crippen molar-refractivity contribution in [3.63, 3.8) is 0 Å². The summed E-state index contributed by atoms with van der Waals surface area (Å²) in [5.74, 6) is -1.66. The number of benzene rings is 3. The predicted octanol–water partition coefficient (Wildman–Crippen LogP) is 5.33. The largest absolute Gasteiger partial charge is 0.465 e. The molecule has 1 N–H and O–H groups in total. The Bertz CT molecular complexity index is 1280. The molecule has 0 bridgehead atoms. The maximum absolute atomic E-state index is 13.6. The number of carbonyl (C=O) groups is 3. The zero-order chi connectivity index (χ0) is 24.2. The summed E-state index contributed by atoms with van der Waals surface area (Å²) in [5, 5.41) is 3.15. The van der Waals surface area contributed by atoms with Crippen molar-refractivity contribution in [2.24, 2.45) is 0 Å². The fraction of sp³-hybridized carbons (Fsp3) is 0.148. The lowest BCUT2D eigenvalue weighted by Crippen LogP contribution is -2.33. The standard InChI is InChI=1S/C27H24N2O4S/c1-4-18-11-13-19(14-12-18)28-23-24(34-20-15-9-17(2)10-16-20)26(31)29(25(23)30)22-8-6-5-7-21(22)27(32)33-3/h5-16,28H,4H2,1-3H3. The molecule has 4 rings (SSSR count). The smallest absolute Gasteiger partial charge is 0.339 e. The van der Waals surface area contributed by atoms with Gasteiger partial charge in [0.15, 0.2) is 0 Å². The Kier molecular flexibility index (Phi) is 6.84. The third kappa shape index (κ3) is 4.61. The number of thioether (sulfide) groups is 1. The van der Waals surface area contributed by atoms with Gasteiger partial charge in [0.05, 0.1) is 18.4 Å². The van der Waals surface area contributed by atoms with E-state index in [0.717, 1.165) is 27.3 Å². The fourth-order valence-electron chi connectivity index (χ4n) is 3.58. The lowest BCUT2D eigenvalue weighted by atomic mass is 10.1. The van der Waals surface area contributed by atoms with Crippen LogP contribution in [0.5, 0.6) is 0 Å². The molecule has 1 aliphatic heterocycles. The fourth-order valence-corrected chi connectivity index (χ4v) is 4.50. The summed E-state index contributed by atoms with van der Waals surface area (Å²) < 4.78 is 4.86. The molecule has 0 atom stereocenters. The second-order valence-electron chi connectivity index (χ2n) is 7.75. The first-order valence-electron chi connectivity index (χ1n) is 10.8. The molecule has 0 aliphatic carbocycles. The zero-order valence-corrected chi connectivity index (χ0v) is 19.9. The zero-order valence-electron chi connectivity index (χ0n) is 19.1. The summed E-state index contributed by atoms with van der Waals surface area (Å²) >= 11 is 1.21. The first kappa shape index (κ1) is 23.3. The Morgan fingerprint density at radius 2 is 1.62 bits per heavy atom. The lowest BCUT2D eigenvalue weighted by molar-refractivity contribution is -0.120. The van der Waals surface area contributed by atoms with E-state index >= 15 is 0 Å². The second-order valence-corrected chi connectivity index (χ2v) is 8.83. The first-order chi connectivity index (χ1) is 16.4. The van der Waals surface area contributed by atoms with Gasteiger partial charge in [-0.3, -0.25) is 9.59 Å². The average molecular weight is 473 g/mol. The highest BCUT2D eigenvalue weighted by Crippen LogP contribution is 2.39. The molecule has 3 aromatic rings. The van der Waals surface area contributed by atoms with E-state index in [4.69, 9.17) is 4.74 Å². The average Bonchev–Trinajstić information content (AvgIpc) is 3.09. The predicted molar refractivity (Wildman–Crippen MR) is 134 cm³/mol. The van der Waals surface area contributed by atoms with Crippen LogP contribution in [0.3, 0.4) is 0 Å². The highest BCUT2D eigenvalue weighted by Gasteiger charge is 2.41. The van der Waals surface area contributed by atoms with Crippen LogP contribution in [0.15, 0.2) is 88.3 Å². The number of hydrogen-bond acceptors (Lipinski definition) is 6. The Hall–Kier alpha value is -3.84. The van der Waals surface area contributed by atoms with Gasteiger partial charge in [-0.25, -0.2) is 9.69 Å². The van der Waals surface area contributed by atoms with E-state index in [-0.39, 0.29) is 21.9 Å². The Balaban J connectivity index is 1.76. The molecule has 0 spiro atoms. The Morgan fingerprint density at radius 3 is 2.26 bits per heavy atom. The van der Waals surface area contributed by atoms with Crippen LogP contribution in [-0.2, 0) is 20.7 Å². The van der Waals surface area contributed by atoms with E-state index in [0.29, 0.717) is 5.69 Å². The normalized spacial score (nSPS) is 13.4. The minimum absolute atomic E-state index is 0.139. The van der Waals surface area contributed by atoms with E-state index < -0.39 is 17.8 Å². The van der Waals surface area contributed by atoms with Crippen LogP contribution in [0.25, 0.3) is 0 Å². The number of amides is 2. The van der Waals surface area contributed by atoms with Crippen molar-refractivity contribution >= 4 is 40.9 Å².